The van der Waals surface area contributed by atoms with E-state index < -0.39 is 0 Å². The molecule has 1 heterocycles. The lowest BCUT2D eigenvalue weighted by molar-refractivity contribution is 0.0769. The van der Waals surface area contributed by atoms with Gasteiger partial charge in [-0.15, -0.1) is 0 Å². The minimum atomic E-state index is -0.0300. The summed E-state index contributed by atoms with van der Waals surface area (Å²) in [5, 5.41) is 4.10. The number of carbonyl (C=O) groups excluding carboxylic acids is 1. The number of hydrogen-bond acceptors (Lipinski definition) is 4. The second-order valence-corrected chi connectivity index (χ2v) is 9.19. The third-order valence-electron chi connectivity index (χ3n) is 5.79. The van der Waals surface area contributed by atoms with Gasteiger partial charge in [0.05, 0.1) is 6.54 Å². The fourth-order valence-electron chi connectivity index (χ4n) is 3.92. The normalized spacial score (nSPS) is 13.7. The highest BCUT2D eigenvalue weighted by atomic mass is 16.5. The largest absolute Gasteiger partial charge is 0.337 e. The van der Waals surface area contributed by atoms with Crippen LogP contribution in [0, 0.1) is 0 Å². The van der Waals surface area contributed by atoms with Crippen molar-refractivity contribution in [3.8, 4) is 11.4 Å². The molecular weight excluding hydrogens is 374 g/mol. The van der Waals surface area contributed by atoms with Gasteiger partial charge in [-0.3, -0.25) is 4.79 Å². The molecule has 0 fully saturated rings. The molecule has 1 aliphatic rings. The van der Waals surface area contributed by atoms with Crippen molar-refractivity contribution in [1.29, 1.82) is 0 Å². The van der Waals surface area contributed by atoms with Crippen molar-refractivity contribution in [3.63, 3.8) is 0 Å². The maximum atomic E-state index is 12.9. The molecule has 0 unspecified atom stereocenters. The number of fused-ring (bicyclic) bond motifs is 1. The number of benzene rings is 2. The van der Waals surface area contributed by atoms with E-state index in [4.69, 9.17) is 4.52 Å². The monoisotopic (exact) mass is 403 g/mol. The molecule has 0 radical (unpaired) electrons. The van der Waals surface area contributed by atoms with Gasteiger partial charge in [0, 0.05) is 18.2 Å². The third kappa shape index (κ3) is 4.30. The van der Waals surface area contributed by atoms with Crippen LogP contribution in [0.3, 0.4) is 0 Å². The summed E-state index contributed by atoms with van der Waals surface area (Å²) in [5.74, 6) is 0.941. The van der Waals surface area contributed by atoms with E-state index in [-0.39, 0.29) is 17.9 Å². The molecule has 0 bridgehead atoms. The highest BCUT2D eigenvalue weighted by molar-refractivity contribution is 5.94. The zero-order chi connectivity index (χ0) is 21.3. The molecule has 156 valence electrons. The molecule has 0 aliphatic heterocycles. The SMILES string of the molecule is CN(Cc1nc(-c2ccc(C(C)(C)C)cc2)no1)C(=O)c1ccc2c(c1)CCCC2. The standard InChI is InChI=1S/C25H29N3O2/c1-25(2,3)21-13-11-18(12-14-21)23-26-22(30-27-23)16-28(4)24(29)20-10-9-17-7-5-6-8-19(17)15-20/h9-15H,5-8,16H2,1-4H3. The summed E-state index contributed by atoms with van der Waals surface area (Å²) in [6.45, 7) is 6.83. The van der Waals surface area contributed by atoms with E-state index in [2.05, 4.69) is 49.1 Å². The number of amides is 1. The molecule has 5 nitrogen and oxygen atoms in total. The van der Waals surface area contributed by atoms with Gasteiger partial charge in [-0.25, -0.2) is 0 Å². The predicted octanol–water partition coefficient (Wildman–Crippen LogP) is 5.19. The summed E-state index contributed by atoms with van der Waals surface area (Å²) in [7, 11) is 1.77. The number of rotatable bonds is 4. The Labute approximate surface area is 178 Å². The molecule has 0 spiro atoms. The van der Waals surface area contributed by atoms with Crippen LogP contribution in [0.4, 0.5) is 0 Å². The van der Waals surface area contributed by atoms with Gasteiger partial charge in [0.2, 0.25) is 11.7 Å². The van der Waals surface area contributed by atoms with Crippen molar-refractivity contribution in [2.45, 2.75) is 58.4 Å². The maximum absolute atomic E-state index is 12.9. The van der Waals surface area contributed by atoms with E-state index in [0.29, 0.717) is 11.7 Å². The minimum absolute atomic E-state index is 0.0300. The number of hydrogen-bond donors (Lipinski definition) is 0. The van der Waals surface area contributed by atoms with Crippen molar-refractivity contribution in [1.82, 2.24) is 15.0 Å². The van der Waals surface area contributed by atoms with Gasteiger partial charge in [0.15, 0.2) is 0 Å². The Hall–Kier alpha value is -2.95. The van der Waals surface area contributed by atoms with E-state index in [9.17, 15) is 4.79 Å². The fraction of sp³-hybridized carbons (Fsp3) is 0.400. The quantitative estimate of drug-likeness (QED) is 0.602. The number of aromatic nitrogens is 2. The molecule has 3 aromatic rings. The van der Waals surface area contributed by atoms with Crippen LogP contribution in [0.5, 0.6) is 0 Å². The highest BCUT2D eigenvalue weighted by Crippen LogP contribution is 2.25. The Morgan fingerprint density at radius 2 is 1.73 bits per heavy atom. The van der Waals surface area contributed by atoms with Crippen LogP contribution in [0.25, 0.3) is 11.4 Å². The second kappa shape index (κ2) is 8.05. The van der Waals surface area contributed by atoms with E-state index >= 15 is 0 Å². The fourth-order valence-corrected chi connectivity index (χ4v) is 3.92. The second-order valence-electron chi connectivity index (χ2n) is 9.19. The van der Waals surface area contributed by atoms with Gasteiger partial charge in [0.1, 0.15) is 0 Å². The van der Waals surface area contributed by atoms with Crippen LogP contribution in [0.2, 0.25) is 0 Å². The summed E-state index contributed by atoms with van der Waals surface area (Å²) in [6, 6.07) is 14.3. The van der Waals surface area contributed by atoms with E-state index in [1.54, 1.807) is 11.9 Å². The molecule has 0 atom stereocenters. The van der Waals surface area contributed by atoms with Crippen LogP contribution in [0.15, 0.2) is 47.0 Å². The zero-order valence-corrected chi connectivity index (χ0v) is 18.2. The summed E-state index contributed by atoms with van der Waals surface area (Å²) < 4.78 is 5.41. The highest BCUT2D eigenvalue weighted by Gasteiger charge is 2.19. The molecule has 0 N–H and O–H groups in total. The lowest BCUT2D eigenvalue weighted by atomic mass is 9.87. The number of aryl methyl sites for hydroxylation is 2. The van der Waals surface area contributed by atoms with Crippen molar-refractivity contribution in [2.75, 3.05) is 7.05 Å². The van der Waals surface area contributed by atoms with E-state index in [0.717, 1.165) is 24.0 Å². The van der Waals surface area contributed by atoms with Gasteiger partial charge in [-0.1, -0.05) is 56.3 Å². The lowest BCUT2D eigenvalue weighted by Gasteiger charge is -2.19. The van der Waals surface area contributed by atoms with Crippen molar-refractivity contribution in [3.05, 3.63) is 70.6 Å². The molecule has 0 saturated carbocycles. The van der Waals surface area contributed by atoms with Gasteiger partial charge in [-0.05, 0) is 59.9 Å². The molecular formula is C25H29N3O2. The first-order valence-electron chi connectivity index (χ1n) is 10.6. The zero-order valence-electron chi connectivity index (χ0n) is 18.2. The first-order valence-corrected chi connectivity index (χ1v) is 10.6. The molecule has 30 heavy (non-hydrogen) atoms. The first-order chi connectivity index (χ1) is 14.3. The van der Waals surface area contributed by atoms with Crippen molar-refractivity contribution in [2.24, 2.45) is 0 Å². The number of nitrogens with zero attached hydrogens (tertiary/aromatic N) is 3. The summed E-state index contributed by atoms with van der Waals surface area (Å²) >= 11 is 0. The average molecular weight is 404 g/mol. The van der Waals surface area contributed by atoms with Crippen LogP contribution < -0.4 is 0 Å². The topological polar surface area (TPSA) is 59.2 Å². The van der Waals surface area contributed by atoms with Crippen LogP contribution in [-0.2, 0) is 24.8 Å². The Morgan fingerprint density at radius 1 is 1.03 bits per heavy atom. The van der Waals surface area contributed by atoms with Gasteiger partial charge < -0.3 is 9.42 Å². The summed E-state index contributed by atoms with van der Waals surface area (Å²) in [6.07, 6.45) is 4.60. The third-order valence-corrected chi connectivity index (χ3v) is 5.79. The Kier molecular flexibility index (Phi) is 5.46. The molecule has 5 heteroatoms. The molecule has 2 aromatic carbocycles. The summed E-state index contributed by atoms with van der Waals surface area (Å²) in [4.78, 5) is 19.0. The minimum Gasteiger partial charge on any atom is -0.337 e. The van der Waals surface area contributed by atoms with Gasteiger partial charge in [0.25, 0.3) is 5.91 Å². The molecule has 1 aliphatic carbocycles. The Balaban J connectivity index is 1.45. The van der Waals surface area contributed by atoms with E-state index in [1.807, 2.05) is 24.3 Å². The van der Waals surface area contributed by atoms with Gasteiger partial charge in [-0.2, -0.15) is 4.98 Å². The predicted molar refractivity (Wildman–Crippen MR) is 117 cm³/mol. The van der Waals surface area contributed by atoms with Crippen molar-refractivity contribution < 1.29 is 9.32 Å². The van der Waals surface area contributed by atoms with Crippen LogP contribution in [0.1, 0.15) is 66.6 Å². The molecule has 1 amide bonds. The summed E-state index contributed by atoms with van der Waals surface area (Å²) in [5.41, 5.74) is 5.65. The van der Waals surface area contributed by atoms with Gasteiger partial charge >= 0.3 is 0 Å². The number of carbonyl (C=O) groups is 1. The average Bonchev–Trinajstić information content (AvgIpc) is 3.20. The van der Waals surface area contributed by atoms with E-state index in [1.165, 1.54) is 29.5 Å². The maximum Gasteiger partial charge on any atom is 0.254 e. The van der Waals surface area contributed by atoms with Crippen LogP contribution >= 0.6 is 0 Å². The Bertz CT molecular complexity index is 1050. The smallest absolute Gasteiger partial charge is 0.254 e. The Morgan fingerprint density at radius 3 is 2.43 bits per heavy atom. The lowest BCUT2D eigenvalue weighted by Crippen LogP contribution is -2.26. The molecule has 4 rings (SSSR count). The molecule has 1 aromatic heterocycles. The van der Waals surface area contributed by atoms with Crippen LogP contribution in [-0.4, -0.2) is 28.0 Å². The van der Waals surface area contributed by atoms with Crippen molar-refractivity contribution >= 4 is 5.91 Å². The first kappa shape index (κ1) is 20.3. The molecule has 0 saturated heterocycles.